The van der Waals surface area contributed by atoms with E-state index in [1.807, 2.05) is 0 Å². The summed E-state index contributed by atoms with van der Waals surface area (Å²) >= 11 is 3.48. The third-order valence-electron chi connectivity index (χ3n) is 4.89. The van der Waals surface area contributed by atoms with E-state index in [0.717, 1.165) is 8.28 Å². The molecule has 9 heteroatoms. The predicted molar refractivity (Wildman–Crippen MR) is 130 cm³/mol. The highest BCUT2D eigenvalue weighted by atomic mass is 79.9. The van der Waals surface area contributed by atoms with Gasteiger partial charge in [0.25, 0.3) is 20.0 Å². The summed E-state index contributed by atoms with van der Waals surface area (Å²) in [4.78, 5) is 0.0906. The third kappa shape index (κ3) is 3.66. The lowest BCUT2D eigenvalue weighted by Crippen LogP contribution is -2.34. The van der Waals surface area contributed by atoms with Gasteiger partial charge in [0.1, 0.15) is 0 Å². The molecule has 0 radical (unpaired) electrons. The van der Waals surface area contributed by atoms with Gasteiger partial charge in [-0.1, -0.05) is 60.7 Å². The fourth-order valence-electron chi connectivity index (χ4n) is 3.45. The molecular weight excluding hydrogens is 512 g/mol. The third-order valence-corrected chi connectivity index (χ3v) is 9.16. The number of benzene rings is 3. The van der Waals surface area contributed by atoms with E-state index >= 15 is 0 Å². The van der Waals surface area contributed by atoms with Crippen LogP contribution in [0.1, 0.15) is 0 Å². The maximum atomic E-state index is 13.7. The first-order chi connectivity index (χ1) is 15.3. The molecule has 4 rings (SSSR count). The Labute approximate surface area is 195 Å². The van der Waals surface area contributed by atoms with Gasteiger partial charge in [-0.15, -0.1) is 6.58 Å². The van der Waals surface area contributed by atoms with Crippen LogP contribution in [0.3, 0.4) is 0 Å². The van der Waals surface area contributed by atoms with E-state index in [2.05, 4.69) is 22.5 Å². The molecule has 0 saturated carbocycles. The number of hydrogen-bond acceptors (Lipinski definition) is 4. The largest absolute Gasteiger partial charge is 0.269 e. The highest BCUT2D eigenvalue weighted by Crippen LogP contribution is 2.41. The van der Waals surface area contributed by atoms with Crippen LogP contribution in [0.2, 0.25) is 0 Å². The standard InChI is InChI=1S/C23H19BrN2O4S2/c1-2-17-25(31(27,28)18-11-5-3-6-12-18)23-22(24)20-15-9-10-16-21(20)26(23)32(29,30)19-13-7-4-8-14-19/h2-16H,1,17H2. The van der Waals surface area contributed by atoms with Crippen LogP contribution in [0.5, 0.6) is 0 Å². The summed E-state index contributed by atoms with van der Waals surface area (Å²) in [5.74, 6) is -0.0150. The second kappa shape index (κ2) is 8.57. The van der Waals surface area contributed by atoms with Crippen molar-refractivity contribution in [3.8, 4) is 0 Å². The molecule has 1 aromatic heterocycles. The van der Waals surface area contributed by atoms with Crippen molar-refractivity contribution >= 4 is 52.7 Å². The lowest BCUT2D eigenvalue weighted by Gasteiger charge is -2.25. The van der Waals surface area contributed by atoms with Gasteiger partial charge in [0.2, 0.25) is 0 Å². The average molecular weight is 531 g/mol. The summed E-state index contributed by atoms with van der Waals surface area (Å²) in [5.41, 5.74) is 0.357. The van der Waals surface area contributed by atoms with Crippen LogP contribution in [0, 0.1) is 0 Å². The molecule has 32 heavy (non-hydrogen) atoms. The number of halogens is 1. The fourth-order valence-corrected chi connectivity index (χ4v) is 7.47. The van der Waals surface area contributed by atoms with Crippen LogP contribution in [0.15, 0.2) is 112 Å². The van der Waals surface area contributed by atoms with Gasteiger partial charge in [0.05, 0.1) is 26.3 Å². The molecule has 0 aliphatic heterocycles. The molecular formula is C23H19BrN2O4S2. The minimum Gasteiger partial charge on any atom is -0.245 e. The van der Waals surface area contributed by atoms with Crippen molar-refractivity contribution in [2.24, 2.45) is 0 Å². The Morgan fingerprint density at radius 1 is 0.812 bits per heavy atom. The van der Waals surface area contributed by atoms with Crippen molar-refractivity contribution in [2.75, 3.05) is 10.8 Å². The van der Waals surface area contributed by atoms with Gasteiger partial charge in [-0.05, 0) is 46.3 Å². The van der Waals surface area contributed by atoms with Crippen molar-refractivity contribution in [2.45, 2.75) is 9.79 Å². The average Bonchev–Trinajstić information content (AvgIpc) is 3.11. The van der Waals surface area contributed by atoms with Gasteiger partial charge in [-0.2, -0.15) is 0 Å². The van der Waals surface area contributed by atoms with Gasteiger partial charge in [-0.3, -0.25) is 0 Å². The Morgan fingerprint density at radius 2 is 1.34 bits per heavy atom. The smallest absolute Gasteiger partial charge is 0.245 e. The molecule has 0 amide bonds. The van der Waals surface area contributed by atoms with E-state index in [4.69, 9.17) is 0 Å². The number of para-hydroxylation sites is 1. The van der Waals surface area contributed by atoms with Crippen LogP contribution in [-0.4, -0.2) is 27.4 Å². The molecule has 0 spiro atoms. The summed E-state index contributed by atoms with van der Waals surface area (Å²) < 4.78 is 57.2. The minimum atomic E-state index is -4.13. The second-order valence-corrected chi connectivity index (χ2v) is 11.3. The zero-order chi connectivity index (χ0) is 22.9. The topological polar surface area (TPSA) is 76.5 Å². The maximum absolute atomic E-state index is 13.7. The number of aromatic nitrogens is 1. The first-order valence-electron chi connectivity index (χ1n) is 9.58. The van der Waals surface area contributed by atoms with Gasteiger partial charge in [0.15, 0.2) is 5.82 Å². The Hall–Kier alpha value is -2.88. The lowest BCUT2D eigenvalue weighted by molar-refractivity contribution is 0.587. The van der Waals surface area contributed by atoms with E-state index in [1.54, 1.807) is 60.7 Å². The van der Waals surface area contributed by atoms with Gasteiger partial charge in [0, 0.05) is 5.39 Å². The quantitative estimate of drug-likeness (QED) is 0.314. The van der Waals surface area contributed by atoms with Crippen LogP contribution >= 0.6 is 15.9 Å². The lowest BCUT2D eigenvalue weighted by atomic mass is 10.2. The van der Waals surface area contributed by atoms with Crippen molar-refractivity contribution in [3.63, 3.8) is 0 Å². The van der Waals surface area contributed by atoms with Gasteiger partial charge in [-0.25, -0.2) is 25.1 Å². The highest BCUT2D eigenvalue weighted by molar-refractivity contribution is 9.10. The summed E-state index contributed by atoms with van der Waals surface area (Å²) in [5, 5.41) is 0.569. The molecule has 6 nitrogen and oxygen atoms in total. The molecule has 164 valence electrons. The van der Waals surface area contributed by atoms with Crippen molar-refractivity contribution in [1.29, 1.82) is 0 Å². The summed E-state index contributed by atoms with van der Waals surface area (Å²) in [6.45, 7) is 3.56. The molecule has 0 aliphatic carbocycles. The number of anilines is 1. The molecule has 0 saturated heterocycles. The number of nitrogens with zero attached hydrogens (tertiary/aromatic N) is 2. The molecule has 4 aromatic rings. The van der Waals surface area contributed by atoms with Gasteiger partial charge < -0.3 is 0 Å². The van der Waals surface area contributed by atoms with Crippen molar-refractivity contribution in [1.82, 2.24) is 3.97 Å². The second-order valence-electron chi connectivity index (χ2n) is 6.88. The summed E-state index contributed by atoms with van der Waals surface area (Å²) in [6, 6.07) is 22.6. The number of fused-ring (bicyclic) bond motifs is 1. The fraction of sp³-hybridized carbons (Fsp3) is 0.0435. The monoisotopic (exact) mass is 530 g/mol. The minimum absolute atomic E-state index is 0.0150. The molecule has 0 atom stereocenters. The number of rotatable bonds is 7. The summed E-state index contributed by atoms with van der Waals surface area (Å²) in [7, 11) is -8.24. The molecule has 1 heterocycles. The van der Waals surface area contributed by atoms with Crippen molar-refractivity contribution < 1.29 is 16.8 Å². The normalized spacial score (nSPS) is 12.0. The SMILES string of the molecule is C=CCN(c1c(Br)c2ccccc2n1S(=O)(=O)c1ccccc1)S(=O)(=O)c1ccccc1. The molecule has 0 aliphatic rings. The molecule has 0 unspecified atom stereocenters. The van der Waals surface area contributed by atoms with Gasteiger partial charge >= 0.3 is 0 Å². The molecule has 0 fully saturated rings. The van der Waals surface area contributed by atoms with E-state index in [1.165, 1.54) is 30.3 Å². The van der Waals surface area contributed by atoms with Crippen molar-refractivity contribution in [3.05, 3.63) is 102 Å². The molecule has 3 aromatic carbocycles. The van der Waals surface area contributed by atoms with Crippen LogP contribution in [0.25, 0.3) is 10.9 Å². The Kier molecular flexibility index (Phi) is 5.98. The maximum Gasteiger partial charge on any atom is 0.269 e. The first kappa shape index (κ1) is 22.3. The zero-order valence-electron chi connectivity index (χ0n) is 16.8. The van der Waals surface area contributed by atoms with Crippen LogP contribution < -0.4 is 4.31 Å². The Bertz CT molecular complexity index is 1500. The van der Waals surface area contributed by atoms with E-state index in [0.29, 0.717) is 15.4 Å². The van der Waals surface area contributed by atoms with E-state index in [9.17, 15) is 16.8 Å². The van der Waals surface area contributed by atoms with E-state index in [-0.39, 0.29) is 22.2 Å². The van der Waals surface area contributed by atoms with E-state index < -0.39 is 20.0 Å². The molecule has 0 N–H and O–H groups in total. The Balaban J connectivity index is 2.09. The first-order valence-corrected chi connectivity index (χ1v) is 13.3. The Morgan fingerprint density at radius 3 is 1.94 bits per heavy atom. The predicted octanol–water partition coefficient (Wildman–Crippen LogP) is 5.02. The zero-order valence-corrected chi connectivity index (χ0v) is 20.0. The highest BCUT2D eigenvalue weighted by Gasteiger charge is 2.34. The number of hydrogen-bond donors (Lipinski definition) is 0. The summed E-state index contributed by atoms with van der Waals surface area (Å²) in [6.07, 6.45) is 1.42. The van der Waals surface area contributed by atoms with Crippen LogP contribution in [-0.2, 0) is 20.0 Å². The number of sulfonamides is 1. The molecule has 0 bridgehead atoms. The van der Waals surface area contributed by atoms with Crippen LogP contribution in [0.4, 0.5) is 5.82 Å².